The van der Waals surface area contributed by atoms with E-state index in [0.717, 1.165) is 29.9 Å². The van der Waals surface area contributed by atoms with Crippen LogP contribution in [0.1, 0.15) is 79.0 Å². The van der Waals surface area contributed by atoms with Crippen LogP contribution in [0.25, 0.3) is 5.57 Å². The highest BCUT2D eigenvalue weighted by atomic mass is 15.2. The molecule has 2 nitrogen and oxygen atoms in total. The molecule has 8 rings (SSSR count). The first kappa shape index (κ1) is 35.5. The summed E-state index contributed by atoms with van der Waals surface area (Å²) in [6.45, 7) is 18.1. The molecule has 2 heteroatoms. The third kappa shape index (κ3) is 6.73. The van der Waals surface area contributed by atoms with Crippen LogP contribution in [-0.4, -0.2) is 0 Å². The molecular formula is C52H52N2. The standard InChI is InChI=1S/C52H52N2/c1-32-13-19-40(20-14-32)53-51-38(7)25-35(4)30-50(51)48-29-37(6)26-45-46(48)27-36(5)28-47(45)49-31-39(8)52(44-12-10-9-11-43(44)49)54(41-21-15-33(2)16-22-41)42-23-17-34(3)18-24-42/h9,11,13-24,27-31,37-38,43,49,53H,25-26H2,1-8H3. The van der Waals surface area contributed by atoms with Gasteiger partial charge in [0.05, 0.1) is 5.70 Å². The van der Waals surface area contributed by atoms with Crippen LogP contribution in [0.2, 0.25) is 0 Å². The number of nitrogens with zero attached hydrogens (tertiary/aromatic N) is 1. The minimum atomic E-state index is 0.133. The van der Waals surface area contributed by atoms with E-state index in [2.05, 4.69) is 193 Å². The second-order valence-electron chi connectivity index (χ2n) is 16.4. The molecule has 4 aromatic rings. The molecule has 0 aromatic heterocycles. The molecule has 4 atom stereocenters. The lowest BCUT2D eigenvalue weighted by Gasteiger charge is -2.39. The third-order valence-corrected chi connectivity index (χ3v) is 11.7. The van der Waals surface area contributed by atoms with Gasteiger partial charge in [0.15, 0.2) is 0 Å². The first-order valence-corrected chi connectivity index (χ1v) is 19.7. The van der Waals surface area contributed by atoms with Crippen molar-refractivity contribution in [2.75, 3.05) is 10.2 Å². The Morgan fingerprint density at radius 2 is 1.31 bits per heavy atom. The fourth-order valence-corrected chi connectivity index (χ4v) is 9.05. The number of benzene rings is 4. The molecule has 54 heavy (non-hydrogen) atoms. The Morgan fingerprint density at radius 1 is 0.685 bits per heavy atom. The zero-order valence-corrected chi connectivity index (χ0v) is 33.1. The van der Waals surface area contributed by atoms with E-state index in [9.17, 15) is 0 Å². The summed E-state index contributed by atoms with van der Waals surface area (Å²) in [6, 6.07) is 31.6. The van der Waals surface area contributed by atoms with E-state index >= 15 is 0 Å². The maximum absolute atomic E-state index is 3.91. The topological polar surface area (TPSA) is 15.3 Å². The molecule has 0 saturated carbocycles. The summed E-state index contributed by atoms with van der Waals surface area (Å²) in [5, 5.41) is 3.91. The van der Waals surface area contributed by atoms with Crippen LogP contribution in [0.3, 0.4) is 0 Å². The van der Waals surface area contributed by atoms with Crippen LogP contribution in [-0.2, 0) is 6.42 Å². The molecule has 270 valence electrons. The maximum Gasteiger partial charge on any atom is 0.0609 e. The Bertz CT molecular complexity index is 2330. The quantitative estimate of drug-likeness (QED) is 0.193. The van der Waals surface area contributed by atoms with Gasteiger partial charge in [-0.05, 0) is 131 Å². The van der Waals surface area contributed by atoms with Crippen LogP contribution >= 0.6 is 0 Å². The van der Waals surface area contributed by atoms with Gasteiger partial charge in [0.1, 0.15) is 0 Å². The number of rotatable bonds is 7. The summed E-state index contributed by atoms with van der Waals surface area (Å²) in [5.74, 6) is 8.16. The van der Waals surface area contributed by atoms with E-state index in [-0.39, 0.29) is 11.8 Å². The molecule has 0 radical (unpaired) electrons. The molecule has 0 saturated heterocycles. The van der Waals surface area contributed by atoms with Crippen molar-refractivity contribution in [3.63, 3.8) is 0 Å². The Balaban J connectivity index is 1.26. The molecule has 0 aliphatic heterocycles. The Morgan fingerprint density at radius 3 is 1.96 bits per heavy atom. The minimum absolute atomic E-state index is 0.133. The van der Waals surface area contributed by atoms with E-state index in [4.69, 9.17) is 0 Å². The van der Waals surface area contributed by atoms with Gasteiger partial charge >= 0.3 is 0 Å². The van der Waals surface area contributed by atoms with Gasteiger partial charge in [0, 0.05) is 51.7 Å². The smallest absolute Gasteiger partial charge is 0.0609 e. The Labute approximate surface area is 323 Å². The Hall–Kier alpha value is -5.52. The first-order chi connectivity index (χ1) is 26.0. The summed E-state index contributed by atoms with van der Waals surface area (Å²) >= 11 is 0. The average molecular weight is 705 g/mol. The van der Waals surface area contributed by atoms with E-state index < -0.39 is 0 Å². The number of nitrogens with one attached hydrogen (secondary N) is 1. The van der Waals surface area contributed by atoms with Crippen molar-refractivity contribution in [3.8, 4) is 11.8 Å². The summed E-state index contributed by atoms with van der Waals surface area (Å²) in [5.41, 5.74) is 22.0. The van der Waals surface area contributed by atoms with Gasteiger partial charge in [0.25, 0.3) is 0 Å². The lowest BCUT2D eigenvalue weighted by molar-refractivity contribution is 0.634. The van der Waals surface area contributed by atoms with Crippen molar-refractivity contribution < 1.29 is 0 Å². The van der Waals surface area contributed by atoms with Gasteiger partial charge < -0.3 is 10.2 Å². The maximum atomic E-state index is 3.91. The SMILES string of the molecule is CC1=CC(C2=CC(C)Cc3c2cc(C)cc3C2C=C(C)C(N(c3ccc(C)cc3)c3ccc(C)cc3)=C3C#CC=CC32)=C(Nc2ccc(C)cc2)C(C)C1. The van der Waals surface area contributed by atoms with E-state index in [1.54, 1.807) is 0 Å². The van der Waals surface area contributed by atoms with Crippen molar-refractivity contribution in [1.29, 1.82) is 0 Å². The number of fused-ring (bicyclic) bond motifs is 2. The van der Waals surface area contributed by atoms with E-state index in [0.29, 0.717) is 11.8 Å². The minimum Gasteiger partial charge on any atom is -0.358 e. The highest BCUT2D eigenvalue weighted by Crippen LogP contribution is 2.49. The second-order valence-corrected chi connectivity index (χ2v) is 16.4. The molecule has 0 bridgehead atoms. The van der Waals surface area contributed by atoms with Crippen LogP contribution in [0.15, 0.2) is 149 Å². The van der Waals surface area contributed by atoms with Crippen molar-refractivity contribution in [2.24, 2.45) is 17.8 Å². The van der Waals surface area contributed by atoms with E-state index in [1.807, 2.05) is 0 Å². The second kappa shape index (κ2) is 14.4. The third-order valence-electron chi connectivity index (χ3n) is 11.7. The molecule has 4 aliphatic rings. The number of anilines is 3. The zero-order chi connectivity index (χ0) is 37.7. The highest BCUT2D eigenvalue weighted by molar-refractivity contribution is 5.88. The molecule has 4 aliphatic carbocycles. The molecule has 4 aromatic carbocycles. The van der Waals surface area contributed by atoms with Gasteiger partial charge in [0.2, 0.25) is 0 Å². The van der Waals surface area contributed by atoms with Crippen molar-refractivity contribution in [2.45, 2.75) is 74.1 Å². The monoisotopic (exact) mass is 704 g/mol. The number of hydrogen-bond acceptors (Lipinski definition) is 2. The number of hydrogen-bond donors (Lipinski definition) is 1. The van der Waals surface area contributed by atoms with Crippen LogP contribution in [0, 0.1) is 57.3 Å². The van der Waals surface area contributed by atoms with Crippen LogP contribution < -0.4 is 10.2 Å². The molecule has 0 spiro atoms. The summed E-state index contributed by atoms with van der Waals surface area (Å²) in [6.07, 6.45) is 14.1. The largest absolute Gasteiger partial charge is 0.358 e. The molecular weight excluding hydrogens is 653 g/mol. The van der Waals surface area contributed by atoms with Crippen molar-refractivity contribution in [3.05, 3.63) is 188 Å². The Kier molecular flexibility index (Phi) is 9.45. The zero-order valence-electron chi connectivity index (χ0n) is 33.1. The van der Waals surface area contributed by atoms with Crippen molar-refractivity contribution >= 4 is 22.6 Å². The van der Waals surface area contributed by atoms with Gasteiger partial charge in [-0.25, -0.2) is 0 Å². The summed E-state index contributed by atoms with van der Waals surface area (Å²) in [7, 11) is 0. The van der Waals surface area contributed by atoms with Gasteiger partial charge in [-0.1, -0.05) is 126 Å². The predicted molar refractivity (Wildman–Crippen MR) is 230 cm³/mol. The summed E-state index contributed by atoms with van der Waals surface area (Å²) < 4.78 is 0. The normalized spacial score (nSPS) is 21.7. The van der Waals surface area contributed by atoms with Gasteiger partial charge in [-0.15, -0.1) is 0 Å². The number of aryl methyl sites for hydroxylation is 4. The molecule has 0 amide bonds. The van der Waals surface area contributed by atoms with Gasteiger partial charge in [-0.2, -0.15) is 0 Å². The predicted octanol–water partition coefficient (Wildman–Crippen LogP) is 13.2. The lowest BCUT2D eigenvalue weighted by atomic mass is 9.69. The summed E-state index contributed by atoms with van der Waals surface area (Å²) in [4.78, 5) is 2.43. The van der Waals surface area contributed by atoms with Crippen LogP contribution in [0.4, 0.5) is 17.1 Å². The molecule has 0 fully saturated rings. The average Bonchev–Trinajstić information content (AvgIpc) is 3.15. The van der Waals surface area contributed by atoms with Gasteiger partial charge in [-0.3, -0.25) is 0 Å². The first-order valence-electron chi connectivity index (χ1n) is 19.7. The highest BCUT2D eigenvalue weighted by Gasteiger charge is 2.36. The fraction of sp³-hybridized carbons (Fsp3) is 0.269. The molecule has 0 heterocycles. The fourth-order valence-electron chi connectivity index (χ4n) is 9.05. The number of allylic oxidation sites excluding steroid dienone is 11. The van der Waals surface area contributed by atoms with Crippen LogP contribution in [0.5, 0.6) is 0 Å². The van der Waals surface area contributed by atoms with Crippen molar-refractivity contribution in [1.82, 2.24) is 0 Å². The molecule has 4 unspecified atom stereocenters. The lowest BCUT2D eigenvalue weighted by Crippen LogP contribution is -2.28. The molecule has 1 N–H and O–H groups in total. The van der Waals surface area contributed by atoms with E-state index in [1.165, 1.54) is 78.2 Å².